The molecule has 0 saturated heterocycles. The fourth-order valence-corrected chi connectivity index (χ4v) is 5.02. The minimum atomic E-state index is -0.514. The van der Waals surface area contributed by atoms with Gasteiger partial charge in [-0.3, -0.25) is 14.8 Å². The van der Waals surface area contributed by atoms with Crippen LogP contribution in [-0.4, -0.2) is 51.6 Å². The minimum absolute atomic E-state index is 0.251. The van der Waals surface area contributed by atoms with Gasteiger partial charge in [0.1, 0.15) is 5.54 Å². The molecule has 1 aliphatic carbocycles. The average Bonchev–Trinajstić information content (AvgIpc) is 3.42. The van der Waals surface area contributed by atoms with Gasteiger partial charge in [-0.2, -0.15) is 5.10 Å². The average molecular weight is 401 g/mol. The second-order valence-corrected chi connectivity index (χ2v) is 8.66. The molecule has 2 heterocycles. The van der Waals surface area contributed by atoms with E-state index >= 15 is 0 Å². The second-order valence-electron chi connectivity index (χ2n) is 8.66. The second kappa shape index (κ2) is 7.73. The number of hydrogen-bond donors (Lipinski definition) is 1. The topological polar surface area (TPSA) is 52.2 Å². The van der Waals surface area contributed by atoms with Crippen LogP contribution in [0.5, 0.6) is 0 Å². The van der Waals surface area contributed by atoms with Crippen LogP contribution in [0.25, 0.3) is 0 Å². The van der Waals surface area contributed by atoms with Crippen molar-refractivity contribution >= 4 is 5.91 Å². The number of carbonyl (C=O) groups is 1. The number of carbonyl (C=O) groups excluding carboxylic acids is 1. The Hall–Kier alpha value is -2.92. The molecule has 1 aromatic heterocycles. The highest BCUT2D eigenvalue weighted by molar-refractivity contribution is 5.88. The Morgan fingerprint density at radius 1 is 1.07 bits per heavy atom. The Balaban J connectivity index is 1.41. The maximum absolute atomic E-state index is 14.0. The first-order valence-corrected chi connectivity index (χ1v) is 10.8. The fourth-order valence-electron chi connectivity index (χ4n) is 5.02. The van der Waals surface area contributed by atoms with E-state index < -0.39 is 5.54 Å². The molecule has 0 spiro atoms. The Bertz CT molecular complexity index is 1020. The lowest BCUT2D eigenvalue weighted by atomic mass is 9.90. The van der Waals surface area contributed by atoms with Crippen molar-refractivity contribution in [2.75, 3.05) is 20.1 Å². The van der Waals surface area contributed by atoms with Gasteiger partial charge in [-0.05, 0) is 30.2 Å². The van der Waals surface area contributed by atoms with E-state index in [1.807, 2.05) is 17.2 Å². The van der Waals surface area contributed by atoms with Crippen molar-refractivity contribution < 1.29 is 4.79 Å². The molecule has 0 fully saturated rings. The molecule has 5 rings (SSSR count). The van der Waals surface area contributed by atoms with Crippen LogP contribution in [0, 0.1) is 0 Å². The van der Waals surface area contributed by atoms with Crippen molar-refractivity contribution in [1.82, 2.24) is 20.0 Å². The number of hydrogen-bond acceptors (Lipinski definition) is 3. The van der Waals surface area contributed by atoms with Gasteiger partial charge in [0.15, 0.2) is 0 Å². The zero-order valence-corrected chi connectivity index (χ0v) is 17.5. The number of likely N-dealkylation sites (N-methyl/N-ethyl adjacent to an activating group) is 1. The number of nitrogens with one attached hydrogen (secondary N) is 1. The van der Waals surface area contributed by atoms with E-state index in [1.54, 1.807) is 0 Å². The van der Waals surface area contributed by atoms with E-state index in [0.717, 1.165) is 44.3 Å². The predicted octanol–water partition coefficient (Wildman–Crippen LogP) is 3.01. The smallest absolute Gasteiger partial charge is 0.244 e. The molecule has 1 amide bonds. The molecule has 0 unspecified atom stereocenters. The van der Waals surface area contributed by atoms with E-state index in [9.17, 15) is 4.79 Å². The normalized spacial score (nSPS) is 17.1. The molecule has 0 bridgehead atoms. The largest absolute Gasteiger partial charge is 0.336 e. The van der Waals surface area contributed by atoms with Crippen molar-refractivity contribution in [3.05, 3.63) is 88.7 Å². The lowest BCUT2D eigenvalue weighted by Crippen LogP contribution is -2.60. The molecule has 2 aliphatic rings. The highest BCUT2D eigenvalue weighted by Gasteiger charge is 2.49. The van der Waals surface area contributed by atoms with Gasteiger partial charge in [0.05, 0.1) is 6.20 Å². The number of nitrogens with zero attached hydrogens (tertiary/aromatic N) is 3. The zero-order valence-electron chi connectivity index (χ0n) is 17.5. The molecule has 0 radical (unpaired) electrons. The van der Waals surface area contributed by atoms with Crippen LogP contribution in [0.2, 0.25) is 0 Å². The van der Waals surface area contributed by atoms with Crippen LogP contribution < -0.4 is 0 Å². The number of amides is 1. The highest BCUT2D eigenvalue weighted by atomic mass is 16.2. The van der Waals surface area contributed by atoms with Crippen LogP contribution >= 0.6 is 0 Å². The maximum Gasteiger partial charge on any atom is 0.244 e. The van der Waals surface area contributed by atoms with E-state index in [-0.39, 0.29) is 5.91 Å². The molecule has 1 aliphatic heterocycles. The number of benzene rings is 2. The number of rotatable bonds is 5. The number of H-pyrrole nitrogens is 1. The summed E-state index contributed by atoms with van der Waals surface area (Å²) in [5.41, 5.74) is 5.72. The van der Waals surface area contributed by atoms with Gasteiger partial charge in [0.25, 0.3) is 0 Å². The van der Waals surface area contributed by atoms with Crippen molar-refractivity contribution in [1.29, 1.82) is 0 Å². The maximum atomic E-state index is 14.0. The first kappa shape index (κ1) is 19.1. The number of aromatic nitrogens is 2. The summed E-state index contributed by atoms with van der Waals surface area (Å²) in [5.74, 6) is 0.251. The van der Waals surface area contributed by atoms with E-state index in [2.05, 4.69) is 70.7 Å². The summed E-state index contributed by atoms with van der Waals surface area (Å²) in [5, 5.41) is 7.24. The molecular weight excluding hydrogens is 372 g/mol. The van der Waals surface area contributed by atoms with E-state index in [0.29, 0.717) is 6.54 Å². The third-order valence-corrected chi connectivity index (χ3v) is 6.88. The fraction of sp³-hybridized carbons (Fsp3) is 0.360. The summed E-state index contributed by atoms with van der Waals surface area (Å²) in [6.45, 7) is 2.25. The van der Waals surface area contributed by atoms with E-state index in [1.165, 1.54) is 22.4 Å². The van der Waals surface area contributed by atoms with Crippen LogP contribution in [-0.2, 0) is 37.0 Å². The van der Waals surface area contributed by atoms with Crippen molar-refractivity contribution in [2.45, 2.75) is 37.8 Å². The van der Waals surface area contributed by atoms with Crippen LogP contribution in [0.4, 0.5) is 0 Å². The Labute approximate surface area is 177 Å². The highest BCUT2D eigenvalue weighted by Crippen LogP contribution is 2.36. The summed E-state index contributed by atoms with van der Waals surface area (Å²) in [7, 11) is 2.12. The molecule has 154 valence electrons. The van der Waals surface area contributed by atoms with Crippen LogP contribution in [0.3, 0.4) is 0 Å². The predicted molar refractivity (Wildman–Crippen MR) is 117 cm³/mol. The van der Waals surface area contributed by atoms with Crippen molar-refractivity contribution in [3.8, 4) is 0 Å². The van der Waals surface area contributed by atoms with Crippen LogP contribution in [0.15, 0.2) is 60.8 Å². The summed E-state index contributed by atoms with van der Waals surface area (Å²) >= 11 is 0. The summed E-state index contributed by atoms with van der Waals surface area (Å²) in [6.07, 6.45) is 5.21. The Morgan fingerprint density at radius 2 is 1.77 bits per heavy atom. The quantitative estimate of drug-likeness (QED) is 0.716. The molecule has 1 N–H and O–H groups in total. The SMILES string of the molecule is CN(CCc1ccccc1)C1(C(=O)N2CCc3[nH]ncc3C2)Cc2ccccc2C1. The molecule has 0 saturated carbocycles. The molecule has 0 atom stereocenters. The molecule has 5 nitrogen and oxygen atoms in total. The van der Waals surface area contributed by atoms with Crippen molar-refractivity contribution in [3.63, 3.8) is 0 Å². The lowest BCUT2D eigenvalue weighted by Gasteiger charge is -2.42. The number of fused-ring (bicyclic) bond motifs is 2. The Kier molecular flexibility index (Phi) is 4.91. The third kappa shape index (κ3) is 3.33. The molecule has 3 aromatic rings. The summed E-state index contributed by atoms with van der Waals surface area (Å²) in [6, 6.07) is 19.1. The molecule has 30 heavy (non-hydrogen) atoms. The monoisotopic (exact) mass is 400 g/mol. The first-order valence-electron chi connectivity index (χ1n) is 10.8. The lowest BCUT2D eigenvalue weighted by molar-refractivity contribution is -0.144. The van der Waals surface area contributed by atoms with Gasteiger partial charge >= 0.3 is 0 Å². The van der Waals surface area contributed by atoms with Gasteiger partial charge in [-0.15, -0.1) is 0 Å². The molecular formula is C25H28N4O. The Morgan fingerprint density at radius 3 is 2.50 bits per heavy atom. The standard InChI is InChI=1S/C25H28N4O/c1-28(13-11-19-7-3-2-4-8-19)25(15-20-9-5-6-10-21(20)16-25)24(30)29-14-12-23-22(18-29)17-26-27-23/h2-10,17H,11-16,18H2,1H3,(H,26,27). The number of aromatic amines is 1. The first-order chi connectivity index (χ1) is 14.7. The molecule has 5 heteroatoms. The zero-order chi connectivity index (χ0) is 20.6. The van der Waals surface area contributed by atoms with Gasteiger partial charge < -0.3 is 4.90 Å². The third-order valence-electron chi connectivity index (χ3n) is 6.88. The van der Waals surface area contributed by atoms with E-state index in [4.69, 9.17) is 0 Å². The van der Waals surface area contributed by atoms with Crippen molar-refractivity contribution in [2.24, 2.45) is 0 Å². The minimum Gasteiger partial charge on any atom is -0.336 e. The molecule has 2 aromatic carbocycles. The summed E-state index contributed by atoms with van der Waals surface area (Å²) < 4.78 is 0. The van der Waals surface area contributed by atoms with Gasteiger partial charge in [0.2, 0.25) is 5.91 Å². The van der Waals surface area contributed by atoms with Gasteiger partial charge in [0, 0.05) is 50.2 Å². The van der Waals surface area contributed by atoms with Gasteiger partial charge in [-0.25, -0.2) is 0 Å². The van der Waals surface area contributed by atoms with Gasteiger partial charge in [-0.1, -0.05) is 54.6 Å². The summed E-state index contributed by atoms with van der Waals surface area (Å²) in [4.78, 5) is 18.4. The van der Waals surface area contributed by atoms with Crippen LogP contribution in [0.1, 0.15) is 27.9 Å².